The normalized spacial score (nSPS) is 11.9. The smallest absolute Gasteiger partial charge is 0.191 e. The van der Waals surface area contributed by atoms with Gasteiger partial charge in [-0.15, -0.1) is 34.2 Å². The molecule has 0 radical (unpaired) electrons. The molecule has 2 rings (SSSR count). The van der Waals surface area contributed by atoms with E-state index in [1.807, 2.05) is 36.7 Å². The fourth-order valence-electron chi connectivity index (χ4n) is 2.88. The monoisotopic (exact) mass is 532 g/mol. The number of nitrogens with one attached hydrogen (secondary N) is 2. The molecule has 0 unspecified atom stereocenters. The Morgan fingerprint density at radius 1 is 1.24 bits per heavy atom. The maximum absolute atomic E-state index is 6.13. The van der Waals surface area contributed by atoms with Gasteiger partial charge in [-0.05, 0) is 42.9 Å². The lowest BCUT2D eigenvalue weighted by Gasteiger charge is -2.26. The van der Waals surface area contributed by atoms with E-state index in [4.69, 9.17) is 16.6 Å². The van der Waals surface area contributed by atoms with Gasteiger partial charge in [0.1, 0.15) is 12.4 Å². The second kappa shape index (κ2) is 12.4. The van der Waals surface area contributed by atoms with Gasteiger partial charge in [0.25, 0.3) is 0 Å². The van der Waals surface area contributed by atoms with Crippen LogP contribution in [0.25, 0.3) is 0 Å². The molecule has 0 spiro atoms. The summed E-state index contributed by atoms with van der Waals surface area (Å²) in [5.41, 5.74) is 1.30. The van der Waals surface area contributed by atoms with Gasteiger partial charge in [0, 0.05) is 25.2 Å². The number of unbranched alkanes of at least 4 members (excludes halogenated alkanes) is 1. The maximum atomic E-state index is 6.13. The Morgan fingerprint density at radius 3 is 2.62 bits per heavy atom. The zero-order valence-corrected chi connectivity index (χ0v) is 21.2. The first-order chi connectivity index (χ1) is 13.3. The Bertz CT molecular complexity index is 787. The lowest BCUT2D eigenvalue weighted by molar-refractivity contribution is 0.359. The summed E-state index contributed by atoms with van der Waals surface area (Å²) in [5, 5.41) is 16.0. The molecule has 1 aromatic heterocycles. The molecule has 1 heterocycles. The molecule has 0 aliphatic carbocycles. The SMILES string of the molecule is CCCCNC(=NCc1nnc(C)n1C)NCC(C)(C)Cc1cccc(Cl)c1.I. The first-order valence-electron chi connectivity index (χ1n) is 9.92. The number of hydrogen-bond acceptors (Lipinski definition) is 3. The molecule has 0 amide bonds. The molecule has 0 bridgehead atoms. The van der Waals surface area contributed by atoms with E-state index in [0.29, 0.717) is 6.54 Å². The lowest BCUT2D eigenvalue weighted by atomic mass is 9.86. The Morgan fingerprint density at radius 2 is 2.00 bits per heavy atom. The summed E-state index contributed by atoms with van der Waals surface area (Å²) >= 11 is 6.13. The van der Waals surface area contributed by atoms with Crippen molar-refractivity contribution in [2.75, 3.05) is 13.1 Å². The summed E-state index contributed by atoms with van der Waals surface area (Å²) in [5.74, 6) is 2.56. The van der Waals surface area contributed by atoms with Gasteiger partial charge in [0.15, 0.2) is 11.8 Å². The van der Waals surface area contributed by atoms with Gasteiger partial charge in [-0.25, -0.2) is 4.99 Å². The number of hydrogen-bond donors (Lipinski definition) is 2. The number of aromatic nitrogens is 3. The molecule has 0 aliphatic heterocycles. The average molecular weight is 533 g/mol. The van der Waals surface area contributed by atoms with Crippen molar-refractivity contribution < 1.29 is 0 Å². The highest BCUT2D eigenvalue weighted by Crippen LogP contribution is 2.22. The quantitative estimate of drug-likeness (QED) is 0.216. The van der Waals surface area contributed by atoms with Gasteiger partial charge in [-0.2, -0.15) is 0 Å². The Hall–Kier alpha value is -1.35. The van der Waals surface area contributed by atoms with Crippen LogP contribution in [0, 0.1) is 12.3 Å². The van der Waals surface area contributed by atoms with E-state index in [1.165, 1.54) is 5.56 Å². The highest BCUT2D eigenvalue weighted by atomic mass is 127. The second-order valence-corrected chi connectivity index (χ2v) is 8.43. The molecule has 6 nitrogen and oxygen atoms in total. The van der Waals surface area contributed by atoms with Gasteiger partial charge < -0.3 is 15.2 Å². The van der Waals surface area contributed by atoms with Crippen molar-refractivity contribution in [1.29, 1.82) is 0 Å². The highest BCUT2D eigenvalue weighted by molar-refractivity contribution is 14.0. The molecule has 0 fully saturated rings. The third kappa shape index (κ3) is 8.90. The third-order valence-corrected chi connectivity index (χ3v) is 4.93. The van der Waals surface area contributed by atoms with E-state index in [0.717, 1.165) is 55.0 Å². The Balaban J connectivity index is 0.00000420. The lowest BCUT2D eigenvalue weighted by Crippen LogP contribution is -2.43. The minimum Gasteiger partial charge on any atom is -0.356 e. The molecular formula is C21H34ClIN6. The standard InChI is InChI=1S/C21H33ClN6.HI/c1-6-7-11-23-20(24-14-19-27-26-16(2)28(19)5)25-15-21(3,4)13-17-9-8-10-18(22)12-17;/h8-10,12H,6-7,11,13-15H2,1-5H3,(H2,23,24,25);1H. The molecule has 0 saturated carbocycles. The third-order valence-electron chi connectivity index (χ3n) is 4.69. The summed E-state index contributed by atoms with van der Waals surface area (Å²) in [7, 11) is 1.96. The van der Waals surface area contributed by atoms with Crippen LogP contribution in [0.5, 0.6) is 0 Å². The Labute approximate surface area is 197 Å². The van der Waals surface area contributed by atoms with Crippen molar-refractivity contribution in [3.63, 3.8) is 0 Å². The topological polar surface area (TPSA) is 67.1 Å². The van der Waals surface area contributed by atoms with E-state index in [1.54, 1.807) is 0 Å². The average Bonchev–Trinajstić information content (AvgIpc) is 2.95. The zero-order valence-electron chi connectivity index (χ0n) is 18.1. The molecular weight excluding hydrogens is 499 g/mol. The second-order valence-electron chi connectivity index (χ2n) is 7.99. The van der Waals surface area contributed by atoms with Crippen molar-refractivity contribution in [1.82, 2.24) is 25.4 Å². The van der Waals surface area contributed by atoms with E-state index < -0.39 is 0 Å². The molecule has 162 valence electrons. The number of aryl methyl sites for hydroxylation is 1. The number of guanidine groups is 1. The first-order valence-corrected chi connectivity index (χ1v) is 10.3. The van der Waals surface area contributed by atoms with Crippen molar-refractivity contribution in [3.8, 4) is 0 Å². The number of nitrogens with zero attached hydrogens (tertiary/aromatic N) is 4. The molecule has 8 heteroatoms. The van der Waals surface area contributed by atoms with E-state index >= 15 is 0 Å². The number of aliphatic imine (C=N–C) groups is 1. The summed E-state index contributed by atoms with van der Waals surface area (Å²) in [6.07, 6.45) is 3.18. The molecule has 2 aromatic rings. The molecule has 0 atom stereocenters. The van der Waals surface area contributed by atoms with Gasteiger partial charge in [0.05, 0.1) is 0 Å². The minimum atomic E-state index is 0. The number of benzene rings is 1. The van der Waals surface area contributed by atoms with Crippen LogP contribution in [0.1, 0.15) is 50.8 Å². The molecule has 0 saturated heterocycles. The molecule has 29 heavy (non-hydrogen) atoms. The first kappa shape index (κ1) is 25.7. The van der Waals surface area contributed by atoms with Crippen LogP contribution in [-0.4, -0.2) is 33.8 Å². The van der Waals surface area contributed by atoms with Crippen LogP contribution < -0.4 is 10.6 Å². The van der Waals surface area contributed by atoms with Gasteiger partial charge in [0.2, 0.25) is 0 Å². The van der Waals surface area contributed by atoms with E-state index in [-0.39, 0.29) is 29.4 Å². The van der Waals surface area contributed by atoms with Crippen molar-refractivity contribution in [2.24, 2.45) is 17.5 Å². The Kier molecular flexibility index (Phi) is 11.0. The van der Waals surface area contributed by atoms with Crippen LogP contribution in [0.2, 0.25) is 5.02 Å². The summed E-state index contributed by atoms with van der Waals surface area (Å²) in [6.45, 7) is 10.8. The molecule has 1 aromatic carbocycles. The predicted molar refractivity (Wildman–Crippen MR) is 132 cm³/mol. The van der Waals surface area contributed by atoms with Crippen molar-refractivity contribution in [2.45, 2.75) is 53.5 Å². The van der Waals surface area contributed by atoms with Crippen molar-refractivity contribution >= 4 is 41.5 Å². The number of rotatable bonds is 9. The molecule has 0 aliphatic rings. The van der Waals surface area contributed by atoms with Crippen LogP contribution in [-0.2, 0) is 20.0 Å². The van der Waals surface area contributed by atoms with E-state index in [2.05, 4.69) is 47.7 Å². The van der Waals surface area contributed by atoms with Gasteiger partial charge in [-0.3, -0.25) is 0 Å². The summed E-state index contributed by atoms with van der Waals surface area (Å²) < 4.78 is 1.97. The largest absolute Gasteiger partial charge is 0.356 e. The van der Waals surface area contributed by atoms with Crippen molar-refractivity contribution in [3.05, 3.63) is 46.5 Å². The summed E-state index contributed by atoms with van der Waals surface area (Å²) in [4.78, 5) is 4.71. The van der Waals surface area contributed by atoms with Crippen LogP contribution in [0.15, 0.2) is 29.3 Å². The summed E-state index contributed by atoms with van der Waals surface area (Å²) in [6, 6.07) is 8.07. The predicted octanol–water partition coefficient (Wildman–Crippen LogP) is 4.50. The van der Waals surface area contributed by atoms with Crippen LogP contribution in [0.4, 0.5) is 0 Å². The maximum Gasteiger partial charge on any atom is 0.191 e. The fourth-order valence-corrected chi connectivity index (χ4v) is 3.09. The van der Waals surface area contributed by atoms with Crippen LogP contribution in [0.3, 0.4) is 0 Å². The fraction of sp³-hybridized carbons (Fsp3) is 0.571. The zero-order chi connectivity index (χ0) is 20.6. The minimum absolute atomic E-state index is 0. The van der Waals surface area contributed by atoms with Gasteiger partial charge >= 0.3 is 0 Å². The van der Waals surface area contributed by atoms with Crippen LogP contribution >= 0.6 is 35.6 Å². The number of halogens is 2. The van der Waals surface area contributed by atoms with E-state index in [9.17, 15) is 0 Å². The molecule has 2 N–H and O–H groups in total. The highest BCUT2D eigenvalue weighted by Gasteiger charge is 2.19. The van der Waals surface area contributed by atoms with Gasteiger partial charge in [-0.1, -0.05) is 50.9 Å².